The van der Waals surface area contributed by atoms with Crippen LogP contribution in [0.15, 0.2) is 40.8 Å². The number of thiophene rings is 1. The Kier molecular flexibility index (Phi) is 10.2. The van der Waals surface area contributed by atoms with Gasteiger partial charge in [-0.05, 0) is 31.5 Å². The Morgan fingerprint density at radius 2 is 2.00 bits per heavy atom. The summed E-state index contributed by atoms with van der Waals surface area (Å²) in [5.41, 5.74) is 1.18. The smallest absolute Gasteiger partial charge is 0.191 e. The average molecular weight is 529 g/mol. The van der Waals surface area contributed by atoms with Gasteiger partial charge in [0.2, 0.25) is 0 Å². The standard InChI is InChI=1S/C21H32N6S.HI/c1-4-22-21(24-15-17(2)19-8-6-14-28-19)25-16-18-7-5-9-23-20(18)27-12-10-26(3)11-13-27;/h5-9,14,17H,4,10-13,15-16H2,1-3H3,(H2,22,24,25);1H. The zero-order valence-electron chi connectivity index (χ0n) is 17.6. The summed E-state index contributed by atoms with van der Waals surface area (Å²) in [6.07, 6.45) is 1.88. The van der Waals surface area contributed by atoms with Crippen LogP contribution in [-0.4, -0.2) is 62.2 Å². The van der Waals surface area contributed by atoms with E-state index in [-0.39, 0.29) is 24.0 Å². The number of rotatable bonds is 7. The number of anilines is 1. The summed E-state index contributed by atoms with van der Waals surface area (Å²) in [6, 6.07) is 8.45. The highest BCUT2D eigenvalue weighted by molar-refractivity contribution is 14.0. The highest BCUT2D eigenvalue weighted by Crippen LogP contribution is 2.20. The van der Waals surface area contributed by atoms with Gasteiger partial charge in [-0.2, -0.15) is 0 Å². The predicted molar refractivity (Wildman–Crippen MR) is 135 cm³/mol. The Balaban J connectivity index is 0.00000300. The SMILES string of the molecule is CCNC(=NCc1cccnc1N1CCN(C)CC1)NCC(C)c1cccs1.I. The highest BCUT2D eigenvalue weighted by atomic mass is 127. The Morgan fingerprint density at radius 3 is 2.69 bits per heavy atom. The molecule has 1 saturated heterocycles. The van der Waals surface area contributed by atoms with Gasteiger partial charge in [-0.25, -0.2) is 9.98 Å². The second kappa shape index (κ2) is 12.3. The summed E-state index contributed by atoms with van der Waals surface area (Å²) >= 11 is 1.81. The van der Waals surface area contributed by atoms with E-state index in [4.69, 9.17) is 4.99 Å². The van der Waals surface area contributed by atoms with Crippen molar-refractivity contribution in [3.63, 3.8) is 0 Å². The van der Waals surface area contributed by atoms with Gasteiger partial charge in [-0.15, -0.1) is 35.3 Å². The normalized spacial score (nSPS) is 16.2. The molecule has 2 aromatic heterocycles. The van der Waals surface area contributed by atoms with Crippen molar-refractivity contribution in [3.8, 4) is 0 Å². The highest BCUT2D eigenvalue weighted by Gasteiger charge is 2.17. The number of piperazine rings is 1. The molecule has 0 aromatic carbocycles. The topological polar surface area (TPSA) is 55.8 Å². The third-order valence-electron chi connectivity index (χ3n) is 5.03. The zero-order chi connectivity index (χ0) is 19.8. The minimum absolute atomic E-state index is 0. The number of pyridine rings is 1. The predicted octanol–water partition coefficient (Wildman–Crippen LogP) is 3.37. The maximum atomic E-state index is 4.83. The fraction of sp³-hybridized carbons (Fsp3) is 0.524. The van der Waals surface area contributed by atoms with Gasteiger partial charge in [0.15, 0.2) is 5.96 Å². The van der Waals surface area contributed by atoms with Crippen LogP contribution in [-0.2, 0) is 6.54 Å². The van der Waals surface area contributed by atoms with Crippen molar-refractivity contribution in [2.75, 3.05) is 51.2 Å². The van der Waals surface area contributed by atoms with Crippen LogP contribution in [0.3, 0.4) is 0 Å². The van der Waals surface area contributed by atoms with Crippen LogP contribution in [0.25, 0.3) is 0 Å². The monoisotopic (exact) mass is 528 g/mol. The lowest BCUT2D eigenvalue weighted by Crippen LogP contribution is -2.45. The molecule has 2 N–H and O–H groups in total. The van der Waals surface area contributed by atoms with Crippen LogP contribution < -0.4 is 15.5 Å². The molecule has 0 amide bonds. The van der Waals surface area contributed by atoms with Crippen LogP contribution in [0.2, 0.25) is 0 Å². The minimum atomic E-state index is 0. The molecule has 3 rings (SSSR count). The third-order valence-corrected chi connectivity index (χ3v) is 6.13. The van der Waals surface area contributed by atoms with Gasteiger partial charge in [0, 0.05) is 61.8 Å². The molecule has 3 heterocycles. The Hall–Kier alpha value is -1.39. The molecule has 0 bridgehead atoms. The van der Waals surface area contributed by atoms with E-state index in [1.165, 1.54) is 10.4 Å². The van der Waals surface area contributed by atoms with E-state index < -0.39 is 0 Å². The first-order chi connectivity index (χ1) is 13.7. The lowest BCUT2D eigenvalue weighted by Gasteiger charge is -2.34. The molecule has 8 heteroatoms. The van der Waals surface area contributed by atoms with Gasteiger partial charge in [0.25, 0.3) is 0 Å². The number of halogens is 1. The number of aliphatic imine (C=N–C) groups is 1. The summed E-state index contributed by atoms with van der Waals surface area (Å²) in [7, 11) is 2.17. The van der Waals surface area contributed by atoms with Crippen LogP contribution in [0, 0.1) is 0 Å². The van der Waals surface area contributed by atoms with E-state index in [0.717, 1.165) is 51.0 Å². The molecule has 160 valence electrons. The molecular formula is C21H33IN6S. The molecule has 0 aliphatic carbocycles. The Morgan fingerprint density at radius 1 is 1.21 bits per heavy atom. The lowest BCUT2D eigenvalue weighted by molar-refractivity contribution is 0.312. The second-order valence-corrected chi connectivity index (χ2v) is 8.25. The largest absolute Gasteiger partial charge is 0.357 e. The first kappa shape index (κ1) is 23.9. The fourth-order valence-electron chi connectivity index (χ4n) is 3.28. The molecule has 1 unspecified atom stereocenters. The summed E-state index contributed by atoms with van der Waals surface area (Å²) in [4.78, 5) is 15.6. The minimum Gasteiger partial charge on any atom is -0.357 e. The molecule has 0 radical (unpaired) electrons. The molecule has 0 spiro atoms. The Labute approximate surface area is 195 Å². The number of nitrogens with zero attached hydrogens (tertiary/aromatic N) is 4. The van der Waals surface area contributed by atoms with Gasteiger partial charge >= 0.3 is 0 Å². The van der Waals surface area contributed by atoms with Gasteiger partial charge < -0.3 is 20.4 Å². The van der Waals surface area contributed by atoms with Gasteiger partial charge in [-0.3, -0.25) is 0 Å². The average Bonchev–Trinajstić information content (AvgIpc) is 3.26. The van der Waals surface area contributed by atoms with E-state index in [9.17, 15) is 0 Å². The quantitative estimate of drug-likeness (QED) is 0.328. The van der Waals surface area contributed by atoms with Crippen molar-refractivity contribution in [1.82, 2.24) is 20.5 Å². The van der Waals surface area contributed by atoms with Crippen molar-refractivity contribution < 1.29 is 0 Å². The van der Waals surface area contributed by atoms with Crippen molar-refractivity contribution in [3.05, 3.63) is 46.3 Å². The molecule has 6 nitrogen and oxygen atoms in total. The molecule has 1 fully saturated rings. The molecule has 1 aliphatic rings. The van der Waals surface area contributed by atoms with E-state index in [0.29, 0.717) is 12.5 Å². The number of hydrogen-bond acceptors (Lipinski definition) is 5. The lowest BCUT2D eigenvalue weighted by atomic mass is 10.1. The number of aromatic nitrogens is 1. The number of guanidine groups is 1. The maximum Gasteiger partial charge on any atom is 0.191 e. The van der Waals surface area contributed by atoms with Crippen molar-refractivity contribution in [2.45, 2.75) is 26.3 Å². The van der Waals surface area contributed by atoms with Crippen LogP contribution >= 0.6 is 35.3 Å². The van der Waals surface area contributed by atoms with Gasteiger partial charge in [-0.1, -0.05) is 19.1 Å². The number of nitrogens with one attached hydrogen (secondary N) is 2. The van der Waals surface area contributed by atoms with Crippen molar-refractivity contribution in [2.24, 2.45) is 4.99 Å². The number of likely N-dealkylation sites (N-methyl/N-ethyl adjacent to an activating group) is 1. The third kappa shape index (κ3) is 7.11. The summed E-state index contributed by atoms with van der Waals surface area (Å²) in [5, 5.41) is 8.98. The van der Waals surface area contributed by atoms with E-state index in [1.807, 2.05) is 12.3 Å². The zero-order valence-corrected chi connectivity index (χ0v) is 20.7. The second-order valence-electron chi connectivity index (χ2n) is 7.27. The molecule has 0 saturated carbocycles. The van der Waals surface area contributed by atoms with Crippen LogP contribution in [0.4, 0.5) is 5.82 Å². The van der Waals surface area contributed by atoms with Crippen molar-refractivity contribution in [1.29, 1.82) is 0 Å². The van der Waals surface area contributed by atoms with Crippen molar-refractivity contribution >= 4 is 47.1 Å². The van der Waals surface area contributed by atoms with Crippen LogP contribution in [0.5, 0.6) is 0 Å². The summed E-state index contributed by atoms with van der Waals surface area (Å²) in [6.45, 7) is 10.9. The summed E-state index contributed by atoms with van der Waals surface area (Å²) in [5.74, 6) is 2.39. The van der Waals surface area contributed by atoms with E-state index in [2.05, 4.69) is 69.9 Å². The fourth-order valence-corrected chi connectivity index (χ4v) is 4.07. The molecule has 1 atom stereocenters. The van der Waals surface area contributed by atoms with Gasteiger partial charge in [0.05, 0.1) is 6.54 Å². The number of hydrogen-bond donors (Lipinski definition) is 2. The first-order valence-electron chi connectivity index (χ1n) is 10.1. The maximum absolute atomic E-state index is 4.83. The van der Waals surface area contributed by atoms with E-state index >= 15 is 0 Å². The molecule has 29 heavy (non-hydrogen) atoms. The molecular weight excluding hydrogens is 495 g/mol. The molecule has 1 aliphatic heterocycles. The molecule has 2 aromatic rings. The summed E-state index contributed by atoms with van der Waals surface area (Å²) < 4.78 is 0. The van der Waals surface area contributed by atoms with Crippen LogP contribution in [0.1, 0.15) is 30.2 Å². The first-order valence-corrected chi connectivity index (χ1v) is 11.0. The Bertz CT molecular complexity index is 743. The van der Waals surface area contributed by atoms with E-state index in [1.54, 1.807) is 11.3 Å². The van der Waals surface area contributed by atoms with Gasteiger partial charge in [0.1, 0.15) is 5.82 Å².